The number of H-pyrrole nitrogens is 1. The van der Waals surface area contributed by atoms with Crippen LogP contribution >= 0.6 is 11.3 Å². The Morgan fingerprint density at radius 2 is 2.24 bits per heavy atom. The molecule has 0 bridgehead atoms. The van der Waals surface area contributed by atoms with Crippen molar-refractivity contribution in [2.45, 2.75) is 19.3 Å². The maximum Gasteiger partial charge on any atom is 0.226 e. The largest absolute Gasteiger partial charge is 0.340 e. The van der Waals surface area contributed by atoms with Gasteiger partial charge < -0.3 is 10.3 Å². The third-order valence-electron chi connectivity index (χ3n) is 4.39. The van der Waals surface area contributed by atoms with Crippen molar-refractivity contribution < 1.29 is 4.79 Å². The number of amides is 1. The van der Waals surface area contributed by atoms with E-state index in [-0.39, 0.29) is 11.8 Å². The minimum atomic E-state index is -0.0260. The number of nitrogens with one attached hydrogen (secondary N) is 2. The lowest BCUT2D eigenvalue weighted by Gasteiger charge is -2.23. The van der Waals surface area contributed by atoms with Crippen LogP contribution in [0.3, 0.4) is 0 Å². The van der Waals surface area contributed by atoms with Crippen LogP contribution in [0.25, 0.3) is 17.0 Å². The predicted molar refractivity (Wildman–Crippen MR) is 93.0 cm³/mol. The number of aryl methyl sites for hydroxylation is 1. The highest BCUT2D eigenvalue weighted by molar-refractivity contribution is 7.10. The highest BCUT2D eigenvalue weighted by Crippen LogP contribution is 2.41. The highest BCUT2D eigenvalue weighted by Gasteiger charge is 2.33. The summed E-state index contributed by atoms with van der Waals surface area (Å²) in [6, 6.07) is 4.07. The minimum Gasteiger partial charge on any atom is -0.340 e. The minimum absolute atomic E-state index is 0.0107. The van der Waals surface area contributed by atoms with Gasteiger partial charge in [0.25, 0.3) is 0 Å². The smallest absolute Gasteiger partial charge is 0.226 e. The van der Waals surface area contributed by atoms with Gasteiger partial charge in [-0.2, -0.15) is 9.78 Å². The van der Waals surface area contributed by atoms with Crippen LogP contribution < -0.4 is 5.32 Å². The topological polar surface area (TPSA) is 101 Å². The molecular formula is C16H13N7OS. The molecule has 5 heterocycles. The first-order valence-electron chi connectivity index (χ1n) is 7.79. The van der Waals surface area contributed by atoms with Gasteiger partial charge in [-0.1, -0.05) is 6.07 Å². The Bertz CT molecular complexity index is 1100. The monoisotopic (exact) mass is 351 g/mol. The molecule has 0 saturated carbocycles. The number of fused-ring (bicyclic) bond motifs is 2. The lowest BCUT2D eigenvalue weighted by molar-refractivity contribution is -0.116. The first-order valence-corrected chi connectivity index (χ1v) is 8.67. The summed E-state index contributed by atoms with van der Waals surface area (Å²) in [4.78, 5) is 29.2. The van der Waals surface area contributed by atoms with Gasteiger partial charge in [0, 0.05) is 22.8 Å². The summed E-state index contributed by atoms with van der Waals surface area (Å²) >= 11 is 1.65. The summed E-state index contributed by atoms with van der Waals surface area (Å²) in [6.07, 6.45) is 3.44. The Labute approximate surface area is 146 Å². The van der Waals surface area contributed by atoms with Crippen LogP contribution in [0, 0.1) is 6.92 Å². The van der Waals surface area contributed by atoms with Crippen molar-refractivity contribution in [3.05, 3.63) is 46.3 Å². The van der Waals surface area contributed by atoms with Crippen molar-refractivity contribution in [3.8, 4) is 5.82 Å². The van der Waals surface area contributed by atoms with Crippen LogP contribution in [0.2, 0.25) is 0 Å². The van der Waals surface area contributed by atoms with Gasteiger partial charge in [-0.15, -0.1) is 11.3 Å². The summed E-state index contributed by atoms with van der Waals surface area (Å²) in [5.41, 5.74) is 3.15. The van der Waals surface area contributed by atoms with Crippen LogP contribution in [-0.4, -0.2) is 35.6 Å². The fraction of sp³-hybridized carbons (Fsp3) is 0.188. The van der Waals surface area contributed by atoms with Crippen LogP contribution in [0.5, 0.6) is 0 Å². The Kier molecular flexibility index (Phi) is 2.98. The third-order valence-corrected chi connectivity index (χ3v) is 5.38. The van der Waals surface area contributed by atoms with E-state index in [4.69, 9.17) is 0 Å². The average molecular weight is 351 g/mol. The van der Waals surface area contributed by atoms with E-state index in [0.717, 1.165) is 16.1 Å². The molecule has 25 heavy (non-hydrogen) atoms. The lowest BCUT2D eigenvalue weighted by Crippen LogP contribution is -2.24. The van der Waals surface area contributed by atoms with Gasteiger partial charge >= 0.3 is 0 Å². The van der Waals surface area contributed by atoms with E-state index in [2.05, 4.69) is 36.4 Å². The van der Waals surface area contributed by atoms with E-state index in [1.54, 1.807) is 22.3 Å². The molecule has 124 valence electrons. The van der Waals surface area contributed by atoms with Gasteiger partial charge in [-0.3, -0.25) is 4.79 Å². The summed E-state index contributed by atoms with van der Waals surface area (Å²) < 4.78 is 1.67. The Morgan fingerprint density at radius 1 is 1.32 bits per heavy atom. The number of thiophene rings is 1. The van der Waals surface area contributed by atoms with E-state index in [0.29, 0.717) is 29.2 Å². The molecule has 0 radical (unpaired) electrons. The molecule has 1 atom stereocenters. The van der Waals surface area contributed by atoms with Crippen LogP contribution in [0.15, 0.2) is 30.2 Å². The number of carbonyl (C=O) groups excluding carboxylic acids is 1. The molecule has 4 aromatic rings. The summed E-state index contributed by atoms with van der Waals surface area (Å²) in [6.45, 7) is 1.96. The number of anilines is 1. The van der Waals surface area contributed by atoms with E-state index >= 15 is 0 Å². The number of aromatic nitrogens is 6. The summed E-state index contributed by atoms with van der Waals surface area (Å²) in [7, 11) is 0. The highest BCUT2D eigenvalue weighted by atomic mass is 32.1. The van der Waals surface area contributed by atoms with Gasteiger partial charge in [-0.25, -0.2) is 15.0 Å². The number of imidazole rings is 1. The molecule has 8 nitrogen and oxygen atoms in total. The Morgan fingerprint density at radius 3 is 3.08 bits per heavy atom. The summed E-state index contributed by atoms with van der Waals surface area (Å²) in [5, 5.41) is 9.65. The second-order valence-electron chi connectivity index (χ2n) is 5.88. The Balaban J connectivity index is 1.75. The quantitative estimate of drug-likeness (QED) is 0.577. The number of aromatic amines is 1. The van der Waals surface area contributed by atoms with Crippen LogP contribution in [0.1, 0.15) is 28.5 Å². The lowest BCUT2D eigenvalue weighted by atomic mass is 9.91. The number of hydrogen-bond acceptors (Lipinski definition) is 6. The van der Waals surface area contributed by atoms with Crippen LogP contribution in [-0.2, 0) is 4.79 Å². The molecule has 0 aliphatic carbocycles. The van der Waals surface area contributed by atoms with Crippen molar-refractivity contribution in [2.24, 2.45) is 0 Å². The molecular weight excluding hydrogens is 338 g/mol. The fourth-order valence-corrected chi connectivity index (χ4v) is 4.18. The predicted octanol–water partition coefficient (Wildman–Crippen LogP) is 2.38. The van der Waals surface area contributed by atoms with Gasteiger partial charge in [0.2, 0.25) is 5.91 Å². The molecule has 0 aromatic carbocycles. The molecule has 1 aliphatic rings. The normalized spacial score (nSPS) is 16.8. The van der Waals surface area contributed by atoms with Crippen molar-refractivity contribution >= 4 is 34.2 Å². The molecule has 1 aliphatic heterocycles. The van der Waals surface area contributed by atoms with Gasteiger partial charge in [0.1, 0.15) is 17.7 Å². The zero-order valence-corrected chi connectivity index (χ0v) is 14.0. The van der Waals surface area contributed by atoms with Crippen molar-refractivity contribution in [1.82, 2.24) is 29.7 Å². The van der Waals surface area contributed by atoms with E-state index in [9.17, 15) is 4.79 Å². The van der Waals surface area contributed by atoms with Gasteiger partial charge in [-0.05, 0) is 18.4 Å². The number of nitrogens with zero attached hydrogens (tertiary/aromatic N) is 5. The molecule has 4 aromatic heterocycles. The number of hydrogen-bond donors (Lipinski definition) is 2. The van der Waals surface area contributed by atoms with Crippen molar-refractivity contribution in [3.63, 3.8) is 0 Å². The van der Waals surface area contributed by atoms with E-state index in [1.165, 1.54) is 6.33 Å². The SMILES string of the molecule is Cc1nn(-c2ncnc3nc[nH]c23)c2c1C(c1cccs1)CC(=O)N2. The van der Waals surface area contributed by atoms with Crippen LogP contribution in [0.4, 0.5) is 5.82 Å². The first-order chi connectivity index (χ1) is 12.2. The molecule has 5 rings (SSSR count). The number of carbonyl (C=O) groups is 1. The van der Waals surface area contributed by atoms with Gasteiger partial charge in [0.15, 0.2) is 11.5 Å². The van der Waals surface area contributed by atoms with Crippen molar-refractivity contribution in [2.75, 3.05) is 5.32 Å². The van der Waals surface area contributed by atoms with Crippen molar-refractivity contribution in [1.29, 1.82) is 0 Å². The first kappa shape index (κ1) is 14.3. The van der Waals surface area contributed by atoms with E-state index < -0.39 is 0 Å². The fourth-order valence-electron chi connectivity index (χ4n) is 3.35. The standard InChI is InChI=1S/C16H13N7OS/c1-8-12-9(10-3-2-4-25-10)5-11(24)21-15(12)23(22-8)16-13-14(18-6-17-13)19-7-20-16/h2-4,6-7,9H,5H2,1H3,(H,21,24)(H,17,18,19,20). The van der Waals surface area contributed by atoms with Gasteiger partial charge in [0.05, 0.1) is 12.0 Å². The second-order valence-corrected chi connectivity index (χ2v) is 6.86. The Hall–Kier alpha value is -3.07. The molecule has 0 fully saturated rings. The molecule has 0 spiro atoms. The van der Waals surface area contributed by atoms with E-state index in [1.807, 2.05) is 18.4 Å². The molecule has 1 amide bonds. The maximum atomic E-state index is 12.3. The maximum absolute atomic E-state index is 12.3. The summed E-state index contributed by atoms with van der Waals surface area (Å²) in [5.74, 6) is 1.22. The zero-order chi connectivity index (χ0) is 17.0. The zero-order valence-electron chi connectivity index (χ0n) is 13.2. The third kappa shape index (κ3) is 2.09. The molecule has 2 N–H and O–H groups in total. The number of rotatable bonds is 2. The molecule has 1 unspecified atom stereocenters. The molecule has 0 saturated heterocycles. The second kappa shape index (κ2) is 5.21. The molecule has 9 heteroatoms. The average Bonchev–Trinajstić information content (AvgIpc) is 3.34.